The van der Waals surface area contributed by atoms with E-state index in [1.807, 2.05) is 0 Å². The maximum absolute atomic E-state index is 13.2. The average molecular weight is 257 g/mol. The third-order valence-electron chi connectivity index (χ3n) is 2.98. The van der Waals surface area contributed by atoms with Crippen LogP contribution in [0.2, 0.25) is 5.02 Å². The molecule has 1 aromatic rings. The summed E-state index contributed by atoms with van der Waals surface area (Å²) in [5.41, 5.74) is 0.669. The molecule has 0 aliphatic carbocycles. The van der Waals surface area contributed by atoms with E-state index in [2.05, 4.69) is 0 Å². The summed E-state index contributed by atoms with van der Waals surface area (Å²) in [4.78, 5) is 11.9. The van der Waals surface area contributed by atoms with E-state index in [-0.39, 0.29) is 23.1 Å². The second-order valence-corrected chi connectivity index (χ2v) is 4.71. The largest absolute Gasteiger partial charge is 0.381 e. The number of benzene rings is 1. The number of ether oxygens (including phenoxy) is 1. The quantitative estimate of drug-likeness (QED) is 0.831. The van der Waals surface area contributed by atoms with Crippen LogP contribution in [0.4, 0.5) is 4.39 Å². The lowest BCUT2D eigenvalue weighted by molar-refractivity contribution is -0.126. The van der Waals surface area contributed by atoms with Gasteiger partial charge in [0.15, 0.2) is 0 Å². The molecule has 0 N–H and O–H groups in total. The minimum absolute atomic E-state index is 0.0394. The summed E-state index contributed by atoms with van der Waals surface area (Å²) in [7, 11) is 0. The third-order valence-corrected chi connectivity index (χ3v) is 3.28. The van der Waals surface area contributed by atoms with E-state index >= 15 is 0 Å². The standard InChI is InChI=1S/C13H14ClFO2/c14-11-4-3-9(6-12(11)15)7-13(16)10-2-1-5-17-8-10/h3-4,6,10H,1-2,5,7-8H2. The number of rotatable bonds is 3. The first-order chi connectivity index (χ1) is 8.16. The van der Waals surface area contributed by atoms with Crippen LogP contribution in [0.5, 0.6) is 0 Å². The van der Waals surface area contributed by atoms with Crippen molar-refractivity contribution in [1.29, 1.82) is 0 Å². The topological polar surface area (TPSA) is 26.3 Å². The maximum atomic E-state index is 13.2. The molecule has 1 aromatic carbocycles. The van der Waals surface area contributed by atoms with Gasteiger partial charge >= 0.3 is 0 Å². The molecule has 1 aliphatic rings. The van der Waals surface area contributed by atoms with Gasteiger partial charge in [0.1, 0.15) is 11.6 Å². The van der Waals surface area contributed by atoms with Crippen molar-refractivity contribution in [3.8, 4) is 0 Å². The van der Waals surface area contributed by atoms with E-state index in [9.17, 15) is 9.18 Å². The van der Waals surface area contributed by atoms with Crippen molar-refractivity contribution in [2.24, 2.45) is 5.92 Å². The molecule has 0 saturated carbocycles. The molecule has 1 unspecified atom stereocenters. The highest BCUT2D eigenvalue weighted by Gasteiger charge is 2.21. The van der Waals surface area contributed by atoms with Gasteiger partial charge in [-0.1, -0.05) is 17.7 Å². The molecule has 0 amide bonds. The number of carbonyl (C=O) groups is 1. The highest BCUT2D eigenvalue weighted by Crippen LogP contribution is 2.19. The van der Waals surface area contributed by atoms with Crippen molar-refractivity contribution in [2.75, 3.05) is 13.2 Å². The molecule has 0 spiro atoms. The highest BCUT2D eigenvalue weighted by atomic mass is 35.5. The second-order valence-electron chi connectivity index (χ2n) is 4.31. The summed E-state index contributed by atoms with van der Waals surface area (Å²) < 4.78 is 18.5. The molecule has 0 radical (unpaired) electrons. The van der Waals surface area contributed by atoms with Crippen LogP contribution in [-0.4, -0.2) is 19.0 Å². The zero-order valence-corrected chi connectivity index (χ0v) is 10.2. The van der Waals surface area contributed by atoms with E-state index in [1.54, 1.807) is 6.07 Å². The molecule has 92 valence electrons. The molecule has 0 aromatic heterocycles. The first-order valence-corrected chi connectivity index (χ1v) is 6.09. The van der Waals surface area contributed by atoms with Crippen LogP contribution in [0.25, 0.3) is 0 Å². The third kappa shape index (κ3) is 3.27. The van der Waals surface area contributed by atoms with Crippen LogP contribution in [0.15, 0.2) is 18.2 Å². The van der Waals surface area contributed by atoms with Crippen molar-refractivity contribution in [2.45, 2.75) is 19.3 Å². The molecule has 2 nitrogen and oxygen atoms in total. The minimum Gasteiger partial charge on any atom is -0.381 e. The number of ketones is 1. The van der Waals surface area contributed by atoms with Gasteiger partial charge in [0, 0.05) is 18.9 Å². The fourth-order valence-electron chi connectivity index (χ4n) is 1.99. The monoisotopic (exact) mass is 256 g/mol. The van der Waals surface area contributed by atoms with Gasteiger partial charge in [-0.05, 0) is 30.5 Å². The van der Waals surface area contributed by atoms with Gasteiger partial charge in [-0.2, -0.15) is 0 Å². The fraction of sp³-hybridized carbons (Fsp3) is 0.462. The molecule has 4 heteroatoms. The van der Waals surface area contributed by atoms with Gasteiger partial charge in [-0.15, -0.1) is 0 Å². The van der Waals surface area contributed by atoms with Crippen molar-refractivity contribution < 1.29 is 13.9 Å². The van der Waals surface area contributed by atoms with Gasteiger partial charge in [0.25, 0.3) is 0 Å². The Labute approximate surface area is 105 Å². The normalized spacial score (nSPS) is 20.2. The number of Topliss-reactive ketones (excluding diaryl/α,β-unsaturated/α-hetero) is 1. The number of hydrogen-bond acceptors (Lipinski definition) is 2. The lowest BCUT2D eigenvalue weighted by Gasteiger charge is -2.20. The summed E-state index contributed by atoms with van der Waals surface area (Å²) in [5, 5.41) is 0.0854. The van der Waals surface area contributed by atoms with Crippen LogP contribution in [0, 0.1) is 11.7 Å². The molecule has 2 rings (SSSR count). The molecule has 0 bridgehead atoms. The molecule has 17 heavy (non-hydrogen) atoms. The van der Waals surface area contributed by atoms with Gasteiger partial charge in [0.2, 0.25) is 0 Å². The van der Waals surface area contributed by atoms with Gasteiger partial charge in [-0.3, -0.25) is 4.79 Å². The Balaban J connectivity index is 1.99. The molecule has 1 fully saturated rings. The van der Waals surface area contributed by atoms with E-state index < -0.39 is 5.82 Å². The molecular weight excluding hydrogens is 243 g/mol. The Morgan fingerprint density at radius 3 is 3.00 bits per heavy atom. The lowest BCUT2D eigenvalue weighted by Crippen LogP contribution is -2.26. The zero-order chi connectivity index (χ0) is 12.3. The van der Waals surface area contributed by atoms with Crippen LogP contribution in [-0.2, 0) is 16.0 Å². The number of hydrogen-bond donors (Lipinski definition) is 0. The SMILES string of the molecule is O=C(Cc1ccc(Cl)c(F)c1)C1CCCOC1. The van der Waals surface area contributed by atoms with Gasteiger partial charge in [-0.25, -0.2) is 4.39 Å². The predicted molar refractivity (Wildman–Crippen MR) is 63.7 cm³/mol. The lowest BCUT2D eigenvalue weighted by atomic mass is 9.93. The van der Waals surface area contributed by atoms with Crippen molar-refractivity contribution in [3.63, 3.8) is 0 Å². The second kappa shape index (κ2) is 5.61. The molecule has 1 atom stereocenters. The van der Waals surface area contributed by atoms with Crippen LogP contribution >= 0.6 is 11.6 Å². The molecule has 1 heterocycles. The van der Waals surface area contributed by atoms with Gasteiger partial charge < -0.3 is 4.74 Å². The summed E-state index contributed by atoms with van der Waals surface area (Å²) >= 11 is 5.59. The van der Waals surface area contributed by atoms with Crippen LogP contribution in [0.3, 0.4) is 0 Å². The molecule has 1 aliphatic heterocycles. The molecular formula is C13H14ClFO2. The Bertz CT molecular complexity index is 414. The summed E-state index contributed by atoms with van der Waals surface area (Å²) in [6.45, 7) is 1.23. The average Bonchev–Trinajstić information content (AvgIpc) is 2.35. The smallest absolute Gasteiger partial charge is 0.142 e. The Hall–Kier alpha value is -0.930. The fourth-order valence-corrected chi connectivity index (χ4v) is 2.11. The Kier molecular flexibility index (Phi) is 4.13. The van der Waals surface area contributed by atoms with Crippen molar-refractivity contribution in [1.82, 2.24) is 0 Å². The Morgan fingerprint density at radius 2 is 2.35 bits per heavy atom. The molecule has 1 saturated heterocycles. The first kappa shape index (κ1) is 12.5. The summed E-state index contributed by atoms with van der Waals surface area (Å²) in [6, 6.07) is 4.49. The number of carbonyl (C=O) groups excluding carboxylic acids is 1. The van der Waals surface area contributed by atoms with Crippen molar-refractivity contribution >= 4 is 17.4 Å². The highest BCUT2D eigenvalue weighted by molar-refractivity contribution is 6.30. The van der Waals surface area contributed by atoms with E-state index in [0.29, 0.717) is 12.2 Å². The first-order valence-electron chi connectivity index (χ1n) is 5.71. The van der Waals surface area contributed by atoms with Crippen molar-refractivity contribution in [3.05, 3.63) is 34.6 Å². The van der Waals surface area contributed by atoms with Crippen LogP contribution in [0.1, 0.15) is 18.4 Å². The summed E-state index contributed by atoms with van der Waals surface area (Å²) in [5.74, 6) is -0.397. The number of halogens is 2. The Morgan fingerprint density at radius 1 is 1.53 bits per heavy atom. The van der Waals surface area contributed by atoms with E-state index in [0.717, 1.165) is 19.4 Å². The summed E-state index contributed by atoms with van der Waals surface area (Å²) in [6.07, 6.45) is 2.04. The van der Waals surface area contributed by atoms with E-state index in [1.165, 1.54) is 12.1 Å². The minimum atomic E-state index is -0.475. The zero-order valence-electron chi connectivity index (χ0n) is 9.42. The van der Waals surface area contributed by atoms with Crippen LogP contribution < -0.4 is 0 Å². The predicted octanol–water partition coefficient (Wildman–Crippen LogP) is 3.02. The van der Waals surface area contributed by atoms with E-state index in [4.69, 9.17) is 16.3 Å². The van der Waals surface area contributed by atoms with Gasteiger partial charge in [0.05, 0.1) is 11.6 Å². The maximum Gasteiger partial charge on any atom is 0.142 e.